The summed E-state index contributed by atoms with van der Waals surface area (Å²) in [6.07, 6.45) is 2.55. The normalized spacial score (nSPS) is 17.1. The molecule has 0 bridgehead atoms. The first-order valence-corrected chi connectivity index (χ1v) is 9.00. The molecule has 3 aromatic carbocycles. The zero-order chi connectivity index (χ0) is 16.5. The molecule has 1 aliphatic heterocycles. The highest BCUT2D eigenvalue weighted by atomic mass is 15.2. The standard InChI is InChI=1S/C22H26N2/c1-23-13-11-19(12-14-23)24(2)16-22-20-9-5-3-7-17(20)15-18-8-4-6-10-21(18)22/h3-10,15,19H,11-14,16H2,1-2H3. The minimum atomic E-state index is 0.693. The Kier molecular flexibility index (Phi) is 4.26. The van der Waals surface area contributed by atoms with E-state index in [0.717, 1.165) is 6.54 Å². The number of piperidine rings is 1. The summed E-state index contributed by atoms with van der Waals surface area (Å²) in [5.41, 5.74) is 1.48. The molecule has 0 unspecified atom stereocenters. The van der Waals surface area contributed by atoms with Gasteiger partial charge >= 0.3 is 0 Å². The predicted octanol–water partition coefficient (Wildman–Crippen LogP) is 4.52. The van der Waals surface area contributed by atoms with Gasteiger partial charge in [-0.15, -0.1) is 0 Å². The third kappa shape index (κ3) is 2.92. The Hall–Kier alpha value is -1.90. The van der Waals surface area contributed by atoms with E-state index >= 15 is 0 Å². The molecule has 0 N–H and O–H groups in total. The second-order valence-corrected chi connectivity index (χ2v) is 7.25. The number of benzene rings is 3. The molecule has 1 fully saturated rings. The van der Waals surface area contributed by atoms with Crippen molar-refractivity contribution in [3.8, 4) is 0 Å². The molecule has 1 aliphatic rings. The molecule has 0 aliphatic carbocycles. The molecule has 0 amide bonds. The Morgan fingerprint density at radius 1 is 0.917 bits per heavy atom. The summed E-state index contributed by atoms with van der Waals surface area (Å²) in [6.45, 7) is 3.45. The maximum atomic E-state index is 2.57. The monoisotopic (exact) mass is 318 g/mol. The summed E-state index contributed by atoms with van der Waals surface area (Å²) in [5.74, 6) is 0. The summed E-state index contributed by atoms with van der Waals surface area (Å²) in [4.78, 5) is 5.01. The van der Waals surface area contributed by atoms with Gasteiger partial charge in [0, 0.05) is 12.6 Å². The zero-order valence-corrected chi connectivity index (χ0v) is 14.7. The molecule has 3 aromatic rings. The second kappa shape index (κ2) is 6.54. The van der Waals surface area contributed by atoms with E-state index in [1.54, 1.807) is 0 Å². The van der Waals surface area contributed by atoms with Crippen molar-refractivity contribution in [3.63, 3.8) is 0 Å². The van der Waals surface area contributed by atoms with Gasteiger partial charge in [0.05, 0.1) is 0 Å². The molecule has 1 saturated heterocycles. The smallest absolute Gasteiger partial charge is 0.0245 e. The molecular formula is C22H26N2. The van der Waals surface area contributed by atoms with Gasteiger partial charge < -0.3 is 4.90 Å². The number of hydrogen-bond donors (Lipinski definition) is 0. The number of fused-ring (bicyclic) bond motifs is 2. The molecule has 24 heavy (non-hydrogen) atoms. The topological polar surface area (TPSA) is 6.48 Å². The van der Waals surface area contributed by atoms with Gasteiger partial charge in [-0.05, 0) is 73.2 Å². The average Bonchev–Trinajstić information content (AvgIpc) is 2.62. The van der Waals surface area contributed by atoms with Gasteiger partial charge in [0.25, 0.3) is 0 Å². The summed E-state index contributed by atoms with van der Waals surface area (Å²) in [6, 6.07) is 20.7. The summed E-state index contributed by atoms with van der Waals surface area (Å²) < 4.78 is 0. The molecule has 2 nitrogen and oxygen atoms in total. The summed E-state index contributed by atoms with van der Waals surface area (Å²) in [7, 11) is 4.53. The van der Waals surface area contributed by atoms with Crippen LogP contribution in [0, 0.1) is 0 Å². The van der Waals surface area contributed by atoms with Crippen molar-refractivity contribution in [2.75, 3.05) is 27.2 Å². The second-order valence-electron chi connectivity index (χ2n) is 7.25. The first kappa shape index (κ1) is 15.6. The Morgan fingerprint density at radius 2 is 1.46 bits per heavy atom. The van der Waals surface area contributed by atoms with Crippen LogP contribution in [0.25, 0.3) is 21.5 Å². The van der Waals surface area contributed by atoms with Crippen molar-refractivity contribution in [3.05, 3.63) is 60.2 Å². The first-order valence-electron chi connectivity index (χ1n) is 9.00. The van der Waals surface area contributed by atoms with Crippen molar-refractivity contribution in [1.29, 1.82) is 0 Å². The third-order valence-electron chi connectivity index (χ3n) is 5.60. The van der Waals surface area contributed by atoms with E-state index in [4.69, 9.17) is 0 Å². The molecule has 2 heteroatoms. The number of likely N-dealkylation sites (tertiary alicyclic amines) is 1. The molecule has 0 atom stereocenters. The van der Waals surface area contributed by atoms with Crippen LogP contribution in [0.4, 0.5) is 0 Å². The van der Waals surface area contributed by atoms with E-state index in [-0.39, 0.29) is 0 Å². The Labute approximate surface area is 144 Å². The lowest BCUT2D eigenvalue weighted by atomic mass is 9.95. The Morgan fingerprint density at radius 3 is 2.04 bits per heavy atom. The fraction of sp³-hybridized carbons (Fsp3) is 0.364. The minimum Gasteiger partial charge on any atom is -0.306 e. The van der Waals surface area contributed by atoms with Gasteiger partial charge in [-0.25, -0.2) is 0 Å². The molecule has 124 valence electrons. The third-order valence-corrected chi connectivity index (χ3v) is 5.60. The van der Waals surface area contributed by atoms with Crippen LogP contribution in [0.1, 0.15) is 18.4 Å². The number of hydrogen-bond acceptors (Lipinski definition) is 2. The van der Waals surface area contributed by atoms with Crippen molar-refractivity contribution >= 4 is 21.5 Å². The van der Waals surface area contributed by atoms with Crippen molar-refractivity contribution in [1.82, 2.24) is 9.80 Å². The van der Waals surface area contributed by atoms with E-state index < -0.39 is 0 Å². The molecule has 1 heterocycles. The highest BCUT2D eigenvalue weighted by molar-refractivity contribution is 6.02. The molecule has 0 saturated carbocycles. The SMILES string of the molecule is CN1CCC(N(C)Cc2c3ccccc3cc3ccccc23)CC1. The van der Waals surface area contributed by atoms with E-state index in [9.17, 15) is 0 Å². The maximum Gasteiger partial charge on any atom is 0.0245 e. The quantitative estimate of drug-likeness (QED) is 0.655. The van der Waals surface area contributed by atoms with Crippen molar-refractivity contribution in [2.45, 2.75) is 25.4 Å². The number of nitrogens with zero attached hydrogens (tertiary/aromatic N) is 2. The van der Waals surface area contributed by atoms with Crippen LogP contribution in [0.5, 0.6) is 0 Å². The maximum absolute atomic E-state index is 2.57. The van der Waals surface area contributed by atoms with E-state index in [1.807, 2.05) is 0 Å². The lowest BCUT2D eigenvalue weighted by Crippen LogP contribution is -2.41. The minimum absolute atomic E-state index is 0.693. The number of rotatable bonds is 3. The lowest BCUT2D eigenvalue weighted by molar-refractivity contribution is 0.140. The predicted molar refractivity (Wildman–Crippen MR) is 103 cm³/mol. The molecule has 0 radical (unpaired) electrons. The van der Waals surface area contributed by atoms with Crippen LogP contribution >= 0.6 is 0 Å². The van der Waals surface area contributed by atoms with E-state index in [2.05, 4.69) is 78.5 Å². The lowest BCUT2D eigenvalue weighted by Gasteiger charge is -2.35. The van der Waals surface area contributed by atoms with Gasteiger partial charge in [0.15, 0.2) is 0 Å². The average molecular weight is 318 g/mol. The zero-order valence-electron chi connectivity index (χ0n) is 14.7. The Balaban J connectivity index is 1.73. The molecule has 0 spiro atoms. The molecular weight excluding hydrogens is 292 g/mol. The van der Waals surface area contributed by atoms with Gasteiger partial charge in [-0.1, -0.05) is 48.5 Å². The van der Waals surface area contributed by atoms with Gasteiger partial charge in [0.2, 0.25) is 0 Å². The fourth-order valence-electron chi connectivity index (χ4n) is 4.09. The first-order chi connectivity index (χ1) is 11.7. The van der Waals surface area contributed by atoms with Crippen molar-refractivity contribution < 1.29 is 0 Å². The highest BCUT2D eigenvalue weighted by Gasteiger charge is 2.21. The van der Waals surface area contributed by atoms with Crippen LogP contribution in [0.3, 0.4) is 0 Å². The van der Waals surface area contributed by atoms with Crippen molar-refractivity contribution in [2.24, 2.45) is 0 Å². The van der Waals surface area contributed by atoms with Gasteiger partial charge in [-0.2, -0.15) is 0 Å². The van der Waals surface area contributed by atoms with Crippen LogP contribution < -0.4 is 0 Å². The van der Waals surface area contributed by atoms with Gasteiger partial charge in [-0.3, -0.25) is 4.90 Å². The fourth-order valence-corrected chi connectivity index (χ4v) is 4.09. The largest absolute Gasteiger partial charge is 0.306 e. The van der Waals surface area contributed by atoms with Gasteiger partial charge in [0.1, 0.15) is 0 Å². The summed E-state index contributed by atoms with van der Waals surface area (Å²) in [5, 5.41) is 5.50. The van der Waals surface area contributed by atoms with Crippen LogP contribution in [0.2, 0.25) is 0 Å². The molecule has 4 rings (SSSR count). The Bertz CT molecular complexity index is 793. The van der Waals surface area contributed by atoms with E-state index in [1.165, 1.54) is 53.0 Å². The van der Waals surface area contributed by atoms with Crippen LogP contribution in [0.15, 0.2) is 54.6 Å². The van der Waals surface area contributed by atoms with Crippen LogP contribution in [-0.4, -0.2) is 43.0 Å². The summed E-state index contributed by atoms with van der Waals surface area (Å²) >= 11 is 0. The highest BCUT2D eigenvalue weighted by Crippen LogP contribution is 2.30. The van der Waals surface area contributed by atoms with Crippen LogP contribution in [-0.2, 0) is 6.54 Å². The van der Waals surface area contributed by atoms with E-state index in [0.29, 0.717) is 6.04 Å². The molecule has 0 aromatic heterocycles.